The third kappa shape index (κ3) is 4.69. The molecular formula is C19H30N2O4S. The fourth-order valence-electron chi connectivity index (χ4n) is 3.61. The summed E-state index contributed by atoms with van der Waals surface area (Å²) < 4.78 is 39.4. The molecule has 2 aliphatic rings. The van der Waals surface area contributed by atoms with E-state index in [1.165, 1.54) is 19.3 Å². The number of sulfonamides is 1. The predicted molar refractivity (Wildman–Crippen MR) is 101 cm³/mol. The number of hydrogen-bond acceptors (Lipinski definition) is 5. The Balaban J connectivity index is 1.82. The number of rotatable bonds is 7. The molecule has 0 radical (unpaired) electrons. The molecule has 0 saturated heterocycles. The van der Waals surface area contributed by atoms with E-state index in [0.717, 1.165) is 12.8 Å². The van der Waals surface area contributed by atoms with Crippen molar-refractivity contribution in [3.63, 3.8) is 0 Å². The molecule has 0 N–H and O–H groups in total. The third-order valence-electron chi connectivity index (χ3n) is 5.13. The molecule has 0 atom stereocenters. The first-order chi connectivity index (χ1) is 12.5. The molecule has 146 valence electrons. The van der Waals surface area contributed by atoms with Crippen LogP contribution >= 0.6 is 0 Å². The molecule has 7 heteroatoms. The summed E-state index contributed by atoms with van der Waals surface area (Å²) in [6, 6.07) is 4.94. The molecule has 1 fully saturated rings. The Labute approximate surface area is 157 Å². The standard InChI is InChI=1S/C19H30N2O4S/c1-20(2)10-11-21(15-16-6-4-3-5-7-16)26(22,23)17-8-9-18-19(14-17)25-13-12-24-18/h8-9,14,16H,3-7,10-13,15H2,1-2H3. The van der Waals surface area contributed by atoms with Gasteiger partial charge in [0.15, 0.2) is 11.5 Å². The lowest BCUT2D eigenvalue weighted by Crippen LogP contribution is -2.40. The summed E-state index contributed by atoms with van der Waals surface area (Å²) in [6.45, 7) is 2.75. The number of nitrogens with zero attached hydrogens (tertiary/aromatic N) is 2. The first kappa shape index (κ1) is 19.5. The highest BCUT2D eigenvalue weighted by atomic mass is 32.2. The van der Waals surface area contributed by atoms with Gasteiger partial charge in [0.2, 0.25) is 10.0 Å². The van der Waals surface area contributed by atoms with E-state index in [1.807, 2.05) is 19.0 Å². The zero-order chi connectivity index (χ0) is 18.6. The Kier molecular flexibility index (Phi) is 6.42. The van der Waals surface area contributed by atoms with Crippen LogP contribution in [0.15, 0.2) is 23.1 Å². The maximum absolute atomic E-state index is 13.3. The van der Waals surface area contributed by atoms with Gasteiger partial charge in [-0.3, -0.25) is 0 Å². The van der Waals surface area contributed by atoms with Gasteiger partial charge in [-0.1, -0.05) is 19.3 Å². The lowest BCUT2D eigenvalue weighted by molar-refractivity contribution is 0.171. The van der Waals surface area contributed by atoms with Crippen LogP contribution in [0.3, 0.4) is 0 Å². The summed E-state index contributed by atoms with van der Waals surface area (Å²) in [6.07, 6.45) is 5.92. The van der Waals surface area contributed by atoms with Crippen molar-refractivity contribution in [3.8, 4) is 11.5 Å². The van der Waals surface area contributed by atoms with Crippen molar-refractivity contribution in [2.75, 3.05) is 46.9 Å². The molecule has 0 spiro atoms. The molecule has 0 amide bonds. The van der Waals surface area contributed by atoms with E-state index in [9.17, 15) is 8.42 Å². The highest BCUT2D eigenvalue weighted by Crippen LogP contribution is 2.34. The van der Waals surface area contributed by atoms with Gasteiger partial charge >= 0.3 is 0 Å². The third-order valence-corrected chi connectivity index (χ3v) is 7.00. The zero-order valence-electron chi connectivity index (χ0n) is 15.8. The Morgan fingerprint density at radius 3 is 2.38 bits per heavy atom. The normalized spacial score (nSPS) is 18.5. The molecule has 26 heavy (non-hydrogen) atoms. The van der Waals surface area contributed by atoms with Crippen LogP contribution in [-0.4, -0.2) is 64.6 Å². The SMILES string of the molecule is CN(C)CCN(CC1CCCCC1)S(=O)(=O)c1ccc2c(c1)OCCO2. The smallest absolute Gasteiger partial charge is 0.243 e. The van der Waals surface area contributed by atoms with Crippen molar-refractivity contribution >= 4 is 10.0 Å². The van der Waals surface area contributed by atoms with E-state index in [2.05, 4.69) is 0 Å². The van der Waals surface area contributed by atoms with Gasteiger partial charge in [0.25, 0.3) is 0 Å². The predicted octanol–water partition coefficient (Wildman–Crippen LogP) is 2.59. The Bertz CT molecular complexity index is 699. The van der Waals surface area contributed by atoms with Crippen molar-refractivity contribution < 1.29 is 17.9 Å². The molecule has 1 aliphatic heterocycles. The van der Waals surface area contributed by atoms with Crippen LogP contribution in [0.5, 0.6) is 11.5 Å². The molecule has 1 aromatic carbocycles. The van der Waals surface area contributed by atoms with Crippen LogP contribution in [0.25, 0.3) is 0 Å². The lowest BCUT2D eigenvalue weighted by atomic mass is 9.89. The van der Waals surface area contributed by atoms with E-state index in [1.54, 1.807) is 22.5 Å². The highest BCUT2D eigenvalue weighted by molar-refractivity contribution is 7.89. The second-order valence-electron chi connectivity index (χ2n) is 7.48. The van der Waals surface area contributed by atoms with Crippen LogP contribution in [0.4, 0.5) is 0 Å². The number of fused-ring (bicyclic) bond motifs is 1. The average Bonchev–Trinajstić information content (AvgIpc) is 2.65. The number of hydrogen-bond donors (Lipinski definition) is 0. The molecule has 1 aliphatic carbocycles. The molecule has 6 nitrogen and oxygen atoms in total. The van der Waals surface area contributed by atoms with Crippen molar-refractivity contribution in [1.82, 2.24) is 9.21 Å². The Morgan fingerprint density at radius 2 is 1.69 bits per heavy atom. The van der Waals surface area contributed by atoms with Crippen LogP contribution in [0, 0.1) is 5.92 Å². The van der Waals surface area contributed by atoms with Gasteiger partial charge in [0.05, 0.1) is 4.90 Å². The molecule has 0 aromatic heterocycles. The van der Waals surface area contributed by atoms with E-state index in [4.69, 9.17) is 9.47 Å². The van der Waals surface area contributed by atoms with Crippen molar-refractivity contribution in [1.29, 1.82) is 0 Å². The van der Waals surface area contributed by atoms with Gasteiger partial charge in [-0.15, -0.1) is 0 Å². The van der Waals surface area contributed by atoms with Crippen LogP contribution in [0.1, 0.15) is 32.1 Å². The quantitative estimate of drug-likeness (QED) is 0.725. The van der Waals surface area contributed by atoms with E-state index >= 15 is 0 Å². The second kappa shape index (κ2) is 8.59. The summed E-state index contributed by atoms with van der Waals surface area (Å²) >= 11 is 0. The first-order valence-corrected chi connectivity index (χ1v) is 11.0. The lowest BCUT2D eigenvalue weighted by Gasteiger charge is -2.30. The van der Waals surface area contributed by atoms with Crippen LogP contribution in [-0.2, 0) is 10.0 Å². The van der Waals surface area contributed by atoms with Gasteiger partial charge in [-0.25, -0.2) is 8.42 Å². The summed E-state index contributed by atoms with van der Waals surface area (Å²) in [7, 11) is 0.377. The fourth-order valence-corrected chi connectivity index (χ4v) is 5.14. The highest BCUT2D eigenvalue weighted by Gasteiger charge is 2.29. The van der Waals surface area contributed by atoms with E-state index in [-0.39, 0.29) is 4.90 Å². The second-order valence-corrected chi connectivity index (χ2v) is 9.41. The molecular weight excluding hydrogens is 352 g/mol. The number of ether oxygens (including phenoxy) is 2. The Morgan fingerprint density at radius 1 is 1.00 bits per heavy atom. The van der Waals surface area contributed by atoms with Gasteiger partial charge in [0.1, 0.15) is 13.2 Å². The molecule has 0 bridgehead atoms. The average molecular weight is 383 g/mol. The minimum atomic E-state index is -3.56. The monoisotopic (exact) mass is 382 g/mol. The van der Waals surface area contributed by atoms with Gasteiger partial charge in [-0.2, -0.15) is 4.31 Å². The van der Waals surface area contributed by atoms with Crippen molar-refractivity contribution in [2.45, 2.75) is 37.0 Å². The largest absolute Gasteiger partial charge is 0.486 e. The molecule has 1 saturated carbocycles. The molecule has 0 unspecified atom stereocenters. The maximum Gasteiger partial charge on any atom is 0.243 e. The van der Waals surface area contributed by atoms with Gasteiger partial charge < -0.3 is 14.4 Å². The molecule has 1 heterocycles. The summed E-state index contributed by atoms with van der Waals surface area (Å²) in [5, 5.41) is 0. The molecule has 3 rings (SSSR count). The Hall–Kier alpha value is -1.31. The molecule has 1 aromatic rings. The van der Waals surface area contributed by atoms with Crippen molar-refractivity contribution in [3.05, 3.63) is 18.2 Å². The summed E-state index contributed by atoms with van der Waals surface area (Å²) in [5.74, 6) is 1.59. The van der Waals surface area contributed by atoms with Crippen LogP contribution in [0.2, 0.25) is 0 Å². The first-order valence-electron chi connectivity index (χ1n) is 9.51. The maximum atomic E-state index is 13.3. The number of likely N-dealkylation sites (N-methyl/N-ethyl adjacent to an activating group) is 1. The minimum absolute atomic E-state index is 0.288. The van der Waals surface area contributed by atoms with Crippen molar-refractivity contribution in [2.24, 2.45) is 5.92 Å². The number of benzene rings is 1. The van der Waals surface area contributed by atoms with E-state index in [0.29, 0.717) is 50.3 Å². The fraction of sp³-hybridized carbons (Fsp3) is 0.684. The van der Waals surface area contributed by atoms with E-state index < -0.39 is 10.0 Å². The minimum Gasteiger partial charge on any atom is -0.486 e. The van der Waals surface area contributed by atoms with Gasteiger partial charge in [0, 0.05) is 25.7 Å². The topological polar surface area (TPSA) is 59.1 Å². The van der Waals surface area contributed by atoms with Crippen LogP contribution < -0.4 is 9.47 Å². The summed E-state index contributed by atoms with van der Waals surface area (Å²) in [5.41, 5.74) is 0. The van der Waals surface area contributed by atoms with Gasteiger partial charge in [-0.05, 0) is 45.0 Å². The zero-order valence-corrected chi connectivity index (χ0v) is 16.6. The summed E-state index contributed by atoms with van der Waals surface area (Å²) in [4.78, 5) is 2.31.